The fraction of sp³-hybridized carbons (Fsp3) is 0.273. The number of fused-ring (bicyclic) bond motifs is 1. The SMILES string of the molecule is CNCCC(C1=COC(C2=CC=CCC2)=CO1)c1c[nH]c2cccc(Cl)c12. The first-order valence-electron chi connectivity index (χ1n) is 9.27. The van der Waals surface area contributed by atoms with Gasteiger partial charge < -0.3 is 19.8 Å². The summed E-state index contributed by atoms with van der Waals surface area (Å²) in [6.45, 7) is 0.856. The van der Waals surface area contributed by atoms with Crippen LogP contribution in [0.15, 0.2) is 72.2 Å². The number of H-pyrrole nitrogens is 1. The molecule has 0 saturated carbocycles. The first kappa shape index (κ1) is 18.0. The van der Waals surface area contributed by atoms with Crippen molar-refractivity contribution in [1.29, 1.82) is 0 Å². The summed E-state index contributed by atoms with van der Waals surface area (Å²) < 4.78 is 12.0. The first-order chi connectivity index (χ1) is 13.3. The number of allylic oxidation sites excluding steroid dienone is 5. The van der Waals surface area contributed by atoms with Crippen molar-refractivity contribution in [2.75, 3.05) is 13.6 Å². The summed E-state index contributed by atoms with van der Waals surface area (Å²) in [5, 5.41) is 5.01. The zero-order valence-electron chi connectivity index (χ0n) is 15.3. The van der Waals surface area contributed by atoms with Crippen LogP contribution >= 0.6 is 11.6 Å². The minimum Gasteiger partial charge on any atom is -0.462 e. The van der Waals surface area contributed by atoms with Crippen LogP contribution in [0.25, 0.3) is 10.9 Å². The number of hydrogen-bond donors (Lipinski definition) is 2. The van der Waals surface area contributed by atoms with Crippen LogP contribution in [0, 0.1) is 0 Å². The number of nitrogens with one attached hydrogen (secondary N) is 2. The highest BCUT2D eigenvalue weighted by molar-refractivity contribution is 6.35. The van der Waals surface area contributed by atoms with Gasteiger partial charge >= 0.3 is 0 Å². The Morgan fingerprint density at radius 3 is 2.93 bits per heavy atom. The Bertz CT molecular complexity index is 952. The molecule has 0 radical (unpaired) electrons. The third-order valence-corrected chi connectivity index (χ3v) is 5.34. The van der Waals surface area contributed by atoms with Gasteiger partial charge in [0, 0.05) is 23.0 Å². The van der Waals surface area contributed by atoms with Crippen molar-refractivity contribution in [3.63, 3.8) is 0 Å². The van der Waals surface area contributed by atoms with Crippen LogP contribution in [-0.4, -0.2) is 18.6 Å². The van der Waals surface area contributed by atoms with E-state index in [0.717, 1.165) is 64.4 Å². The Labute approximate surface area is 164 Å². The molecule has 1 atom stereocenters. The maximum Gasteiger partial charge on any atom is 0.164 e. The van der Waals surface area contributed by atoms with E-state index in [1.807, 2.05) is 31.4 Å². The van der Waals surface area contributed by atoms with Gasteiger partial charge in [-0.15, -0.1) is 0 Å². The van der Waals surface area contributed by atoms with Gasteiger partial charge in [0.1, 0.15) is 18.3 Å². The maximum atomic E-state index is 6.49. The standard InChI is InChI=1S/C22H23ClN2O2/c1-24-11-10-16(17-12-25-19-9-5-8-18(23)22(17)19)21-14-26-20(13-27-21)15-6-3-2-4-7-15/h2-3,5-6,8-9,12-14,16,24-25H,4,7,10-11H2,1H3. The number of benzene rings is 1. The zero-order valence-corrected chi connectivity index (χ0v) is 16.1. The van der Waals surface area contributed by atoms with E-state index >= 15 is 0 Å². The van der Waals surface area contributed by atoms with Crippen molar-refractivity contribution in [1.82, 2.24) is 10.3 Å². The number of halogens is 1. The number of aromatic nitrogens is 1. The van der Waals surface area contributed by atoms with Gasteiger partial charge in [-0.2, -0.15) is 0 Å². The molecule has 1 unspecified atom stereocenters. The van der Waals surface area contributed by atoms with E-state index in [0.29, 0.717) is 0 Å². The predicted molar refractivity (Wildman–Crippen MR) is 109 cm³/mol. The molecule has 1 aliphatic carbocycles. The van der Waals surface area contributed by atoms with E-state index < -0.39 is 0 Å². The van der Waals surface area contributed by atoms with E-state index in [1.54, 1.807) is 12.5 Å². The molecule has 2 aliphatic rings. The van der Waals surface area contributed by atoms with Crippen molar-refractivity contribution in [2.45, 2.75) is 25.2 Å². The van der Waals surface area contributed by atoms with Gasteiger partial charge in [0.15, 0.2) is 5.76 Å². The molecule has 0 amide bonds. The van der Waals surface area contributed by atoms with Crippen LogP contribution in [0.3, 0.4) is 0 Å². The predicted octanol–water partition coefficient (Wildman–Crippen LogP) is 5.52. The summed E-state index contributed by atoms with van der Waals surface area (Å²) in [4.78, 5) is 3.32. The second-order valence-electron chi connectivity index (χ2n) is 6.75. The number of rotatable bonds is 6. The van der Waals surface area contributed by atoms with Crippen LogP contribution in [0.4, 0.5) is 0 Å². The molecule has 1 aromatic heterocycles. The highest BCUT2D eigenvalue weighted by atomic mass is 35.5. The van der Waals surface area contributed by atoms with Gasteiger partial charge in [0.25, 0.3) is 0 Å². The molecule has 140 valence electrons. The molecule has 5 heteroatoms. The molecule has 1 aliphatic heterocycles. The van der Waals surface area contributed by atoms with Crippen LogP contribution in [0.5, 0.6) is 0 Å². The van der Waals surface area contributed by atoms with Crippen molar-refractivity contribution in [3.8, 4) is 0 Å². The fourth-order valence-corrected chi connectivity index (χ4v) is 3.89. The molecule has 2 heterocycles. The topological polar surface area (TPSA) is 46.3 Å². The Kier molecular flexibility index (Phi) is 5.37. The molecular formula is C22H23ClN2O2. The van der Waals surface area contributed by atoms with Crippen molar-refractivity contribution in [3.05, 3.63) is 82.8 Å². The van der Waals surface area contributed by atoms with Crippen LogP contribution < -0.4 is 5.32 Å². The lowest BCUT2D eigenvalue weighted by Crippen LogP contribution is -2.16. The van der Waals surface area contributed by atoms with Gasteiger partial charge in [-0.3, -0.25) is 0 Å². The van der Waals surface area contributed by atoms with Gasteiger partial charge in [-0.1, -0.05) is 35.9 Å². The quantitative estimate of drug-likeness (QED) is 0.691. The molecule has 0 spiro atoms. The second kappa shape index (κ2) is 8.07. The van der Waals surface area contributed by atoms with Crippen molar-refractivity contribution < 1.29 is 9.47 Å². The summed E-state index contributed by atoms with van der Waals surface area (Å²) in [7, 11) is 1.95. The van der Waals surface area contributed by atoms with Gasteiger partial charge in [0.2, 0.25) is 0 Å². The van der Waals surface area contributed by atoms with Gasteiger partial charge in [-0.25, -0.2) is 0 Å². The summed E-state index contributed by atoms with van der Waals surface area (Å²) in [5.74, 6) is 1.62. The minimum absolute atomic E-state index is 0.0455. The second-order valence-corrected chi connectivity index (χ2v) is 7.16. The third-order valence-electron chi connectivity index (χ3n) is 5.02. The van der Waals surface area contributed by atoms with E-state index in [1.165, 1.54) is 0 Å². The summed E-state index contributed by atoms with van der Waals surface area (Å²) >= 11 is 6.49. The van der Waals surface area contributed by atoms with Crippen molar-refractivity contribution >= 4 is 22.5 Å². The fourth-order valence-electron chi connectivity index (χ4n) is 3.60. The largest absolute Gasteiger partial charge is 0.462 e. The van der Waals surface area contributed by atoms with E-state index in [-0.39, 0.29) is 5.92 Å². The Morgan fingerprint density at radius 2 is 2.19 bits per heavy atom. The molecular weight excluding hydrogens is 360 g/mol. The lowest BCUT2D eigenvalue weighted by Gasteiger charge is -2.24. The van der Waals surface area contributed by atoms with Crippen LogP contribution in [-0.2, 0) is 9.47 Å². The molecule has 0 saturated heterocycles. The summed E-state index contributed by atoms with van der Waals surface area (Å²) in [5.41, 5.74) is 3.31. The summed E-state index contributed by atoms with van der Waals surface area (Å²) in [6.07, 6.45) is 14.7. The molecule has 1 aromatic carbocycles. The van der Waals surface area contributed by atoms with Crippen LogP contribution in [0.2, 0.25) is 5.02 Å². The minimum atomic E-state index is 0.0455. The molecule has 4 nitrogen and oxygen atoms in total. The first-order valence-corrected chi connectivity index (χ1v) is 9.65. The Morgan fingerprint density at radius 1 is 1.26 bits per heavy atom. The van der Waals surface area contributed by atoms with Gasteiger partial charge in [0.05, 0.1) is 5.02 Å². The molecule has 2 N–H and O–H groups in total. The lowest BCUT2D eigenvalue weighted by molar-refractivity contribution is 0.214. The molecule has 4 rings (SSSR count). The van der Waals surface area contributed by atoms with E-state index in [9.17, 15) is 0 Å². The Hall–Kier alpha value is -2.43. The zero-order chi connectivity index (χ0) is 18.6. The Balaban J connectivity index is 1.62. The third kappa shape index (κ3) is 3.68. The number of aromatic amines is 1. The molecule has 2 aromatic rings. The van der Waals surface area contributed by atoms with E-state index in [4.69, 9.17) is 21.1 Å². The monoisotopic (exact) mass is 382 g/mol. The highest BCUT2D eigenvalue weighted by Gasteiger charge is 2.25. The molecule has 0 bridgehead atoms. The summed E-state index contributed by atoms with van der Waals surface area (Å²) in [6, 6.07) is 5.91. The van der Waals surface area contributed by atoms with Crippen molar-refractivity contribution in [2.24, 2.45) is 0 Å². The maximum absolute atomic E-state index is 6.49. The number of ether oxygens (including phenoxy) is 2. The highest BCUT2D eigenvalue weighted by Crippen LogP contribution is 2.39. The average Bonchev–Trinajstić information content (AvgIpc) is 3.15. The van der Waals surface area contributed by atoms with E-state index in [2.05, 4.69) is 28.5 Å². The smallest absolute Gasteiger partial charge is 0.164 e. The average molecular weight is 383 g/mol. The lowest BCUT2D eigenvalue weighted by atomic mass is 9.93. The molecule has 27 heavy (non-hydrogen) atoms. The van der Waals surface area contributed by atoms with Gasteiger partial charge in [-0.05, 0) is 56.1 Å². The normalized spacial score (nSPS) is 17.6. The van der Waals surface area contributed by atoms with Crippen LogP contribution in [0.1, 0.15) is 30.7 Å². The number of hydrogen-bond acceptors (Lipinski definition) is 3. The molecule has 0 fully saturated rings.